The van der Waals surface area contributed by atoms with Crippen molar-refractivity contribution in [3.8, 4) is 5.75 Å². The van der Waals surface area contributed by atoms with Gasteiger partial charge in [0.25, 0.3) is 10.0 Å². The molecule has 1 aliphatic rings. The Hall–Kier alpha value is -2.90. The minimum absolute atomic E-state index is 0.0186. The van der Waals surface area contributed by atoms with Crippen LogP contribution < -0.4 is 4.74 Å². The highest BCUT2D eigenvalue weighted by Gasteiger charge is 2.34. The van der Waals surface area contributed by atoms with Crippen LogP contribution in [-0.2, 0) is 16.6 Å². The summed E-state index contributed by atoms with van der Waals surface area (Å²) >= 11 is 6.09. The highest BCUT2D eigenvalue weighted by Crippen LogP contribution is 2.33. The smallest absolute Gasteiger partial charge is 0.280 e. The largest absolute Gasteiger partial charge is 0.496 e. The monoisotopic (exact) mass is 430 g/mol. The van der Waals surface area contributed by atoms with Gasteiger partial charge in [-0.15, -0.1) is 0 Å². The molecule has 0 atom stereocenters. The highest BCUT2D eigenvalue weighted by atomic mass is 35.5. The van der Waals surface area contributed by atoms with E-state index in [1.54, 1.807) is 42.5 Å². The molecular weight excluding hydrogens is 415 g/mol. The zero-order valence-electron chi connectivity index (χ0n) is 15.3. The van der Waals surface area contributed by atoms with Crippen LogP contribution in [0.25, 0.3) is 0 Å². The first-order valence-electron chi connectivity index (χ1n) is 8.70. The Morgan fingerprint density at radius 3 is 2.52 bits per heavy atom. The quantitative estimate of drug-likeness (QED) is 0.614. The van der Waals surface area contributed by atoms with Gasteiger partial charge in [0.05, 0.1) is 18.6 Å². The number of nitrogens with zero attached hydrogens (tertiary/aromatic N) is 2. The maximum atomic E-state index is 14.5. The number of hydrogen-bond acceptors (Lipinski definition) is 4. The van der Waals surface area contributed by atoms with Crippen molar-refractivity contribution in [2.75, 3.05) is 7.11 Å². The van der Waals surface area contributed by atoms with Gasteiger partial charge in [-0.25, -0.2) is 4.39 Å². The van der Waals surface area contributed by atoms with Gasteiger partial charge in [0.1, 0.15) is 17.3 Å². The molecule has 0 aliphatic carbocycles. The van der Waals surface area contributed by atoms with E-state index in [0.29, 0.717) is 16.3 Å². The van der Waals surface area contributed by atoms with E-state index in [9.17, 15) is 12.8 Å². The molecule has 3 aromatic carbocycles. The van der Waals surface area contributed by atoms with E-state index in [-0.39, 0.29) is 28.3 Å². The Morgan fingerprint density at radius 2 is 1.76 bits per heavy atom. The van der Waals surface area contributed by atoms with Crippen LogP contribution in [0.15, 0.2) is 76.7 Å². The molecule has 148 valence electrons. The van der Waals surface area contributed by atoms with Crippen LogP contribution in [0, 0.1) is 5.82 Å². The first-order chi connectivity index (χ1) is 13.9. The average Bonchev–Trinajstić information content (AvgIpc) is 2.71. The molecule has 4 rings (SSSR count). The van der Waals surface area contributed by atoms with Crippen LogP contribution in [0.5, 0.6) is 5.75 Å². The number of sulfonamides is 1. The van der Waals surface area contributed by atoms with Crippen LogP contribution >= 0.6 is 11.6 Å². The second kappa shape index (κ2) is 7.50. The Morgan fingerprint density at radius 1 is 1.03 bits per heavy atom. The van der Waals surface area contributed by atoms with E-state index in [0.717, 1.165) is 4.41 Å². The molecule has 3 aromatic rings. The van der Waals surface area contributed by atoms with E-state index >= 15 is 0 Å². The van der Waals surface area contributed by atoms with Crippen molar-refractivity contribution >= 4 is 27.3 Å². The third-order valence-corrected chi connectivity index (χ3v) is 6.50. The predicted molar refractivity (Wildman–Crippen MR) is 109 cm³/mol. The molecule has 8 heteroatoms. The summed E-state index contributed by atoms with van der Waals surface area (Å²) in [6.07, 6.45) is 0. The summed E-state index contributed by atoms with van der Waals surface area (Å²) in [4.78, 5) is 0.0186. The van der Waals surface area contributed by atoms with Gasteiger partial charge in [-0.3, -0.25) is 0 Å². The van der Waals surface area contributed by atoms with Crippen molar-refractivity contribution in [2.24, 2.45) is 5.10 Å². The molecule has 0 saturated heterocycles. The predicted octanol–water partition coefficient (Wildman–Crippen LogP) is 4.44. The van der Waals surface area contributed by atoms with Gasteiger partial charge < -0.3 is 4.74 Å². The van der Waals surface area contributed by atoms with Crippen LogP contribution in [0.3, 0.4) is 0 Å². The van der Waals surface area contributed by atoms with Crippen molar-refractivity contribution in [1.82, 2.24) is 4.41 Å². The molecule has 0 radical (unpaired) electrons. The van der Waals surface area contributed by atoms with E-state index < -0.39 is 15.8 Å². The molecule has 0 fully saturated rings. The lowest BCUT2D eigenvalue weighted by Crippen LogP contribution is -2.33. The standard InChI is InChI=1S/C21H16ClFN2O3S/c1-28-19-9-5-2-6-14(19)13-25-24-21(16-7-3-4-8-18(16)23)17-12-15(22)10-11-20(17)29(25,26)27/h2-12H,13H2,1H3. The highest BCUT2D eigenvalue weighted by molar-refractivity contribution is 7.89. The molecular formula is C21H16ClFN2O3S. The third kappa shape index (κ3) is 3.47. The summed E-state index contributed by atoms with van der Waals surface area (Å²) in [5, 5.41) is 4.66. The normalized spacial score (nSPS) is 14.9. The zero-order valence-corrected chi connectivity index (χ0v) is 16.9. The lowest BCUT2D eigenvalue weighted by atomic mass is 10.0. The molecule has 0 amide bonds. The molecule has 29 heavy (non-hydrogen) atoms. The van der Waals surface area contributed by atoms with Gasteiger partial charge in [-0.1, -0.05) is 41.9 Å². The summed E-state index contributed by atoms with van der Waals surface area (Å²) in [7, 11) is -2.46. The minimum atomic E-state index is -3.97. The van der Waals surface area contributed by atoms with Crippen molar-refractivity contribution in [3.05, 3.63) is 94.3 Å². The van der Waals surface area contributed by atoms with Gasteiger partial charge in [0.15, 0.2) is 0 Å². The number of benzene rings is 3. The second-order valence-corrected chi connectivity index (χ2v) is 8.61. The van der Waals surface area contributed by atoms with Gasteiger partial charge in [0.2, 0.25) is 0 Å². The fourth-order valence-corrected chi connectivity index (χ4v) is 4.77. The summed E-state index contributed by atoms with van der Waals surface area (Å²) in [5.74, 6) is 0.0287. The fraction of sp³-hybridized carbons (Fsp3) is 0.0952. The lowest BCUT2D eigenvalue weighted by Gasteiger charge is -2.28. The minimum Gasteiger partial charge on any atom is -0.496 e. The number of ether oxygens (including phenoxy) is 1. The molecule has 1 aliphatic heterocycles. The Bertz CT molecular complexity index is 1230. The lowest BCUT2D eigenvalue weighted by molar-refractivity contribution is 0.386. The Labute approximate surface area is 173 Å². The van der Waals surface area contributed by atoms with E-state index in [1.165, 1.54) is 31.4 Å². The molecule has 0 saturated carbocycles. The number of rotatable bonds is 4. The Kier molecular flexibility index (Phi) is 5.02. The van der Waals surface area contributed by atoms with Crippen molar-refractivity contribution in [3.63, 3.8) is 0 Å². The van der Waals surface area contributed by atoms with Gasteiger partial charge in [0, 0.05) is 21.7 Å². The van der Waals surface area contributed by atoms with Crippen molar-refractivity contribution in [1.29, 1.82) is 0 Å². The number of para-hydroxylation sites is 1. The summed E-state index contributed by atoms with van der Waals surface area (Å²) < 4.78 is 47.3. The van der Waals surface area contributed by atoms with Crippen LogP contribution in [0.4, 0.5) is 4.39 Å². The molecule has 5 nitrogen and oxygen atoms in total. The third-order valence-electron chi connectivity index (χ3n) is 4.59. The summed E-state index contributed by atoms with van der Waals surface area (Å²) in [6.45, 7) is -0.0631. The first kappa shape index (κ1) is 19.4. The number of methoxy groups -OCH3 is 1. The molecule has 0 bridgehead atoms. The number of hydrazone groups is 1. The SMILES string of the molecule is COc1ccccc1CN1N=C(c2ccccc2F)c2cc(Cl)ccc2S1(=O)=O. The van der Waals surface area contributed by atoms with Gasteiger partial charge in [-0.05, 0) is 36.4 Å². The molecule has 1 heterocycles. The fourth-order valence-electron chi connectivity index (χ4n) is 3.20. The van der Waals surface area contributed by atoms with Gasteiger partial charge >= 0.3 is 0 Å². The van der Waals surface area contributed by atoms with E-state index in [2.05, 4.69) is 5.10 Å². The second-order valence-electron chi connectivity index (χ2n) is 6.37. The average molecular weight is 431 g/mol. The number of hydrogen-bond donors (Lipinski definition) is 0. The molecule has 0 unspecified atom stereocenters. The summed E-state index contributed by atoms with van der Waals surface area (Å²) in [6, 6.07) is 17.5. The number of fused-ring (bicyclic) bond motifs is 1. The topological polar surface area (TPSA) is 59.0 Å². The van der Waals surface area contributed by atoms with Crippen molar-refractivity contribution in [2.45, 2.75) is 11.4 Å². The van der Waals surface area contributed by atoms with Gasteiger partial charge in [-0.2, -0.15) is 17.9 Å². The number of halogens is 2. The van der Waals surface area contributed by atoms with E-state index in [4.69, 9.17) is 16.3 Å². The molecule has 0 spiro atoms. The molecule has 0 aromatic heterocycles. The van der Waals surface area contributed by atoms with Crippen LogP contribution in [0.2, 0.25) is 5.02 Å². The first-order valence-corrected chi connectivity index (χ1v) is 10.5. The van der Waals surface area contributed by atoms with Crippen LogP contribution in [0.1, 0.15) is 16.7 Å². The molecule has 0 N–H and O–H groups in total. The van der Waals surface area contributed by atoms with Crippen LogP contribution in [-0.4, -0.2) is 25.7 Å². The van der Waals surface area contributed by atoms with E-state index in [1.807, 2.05) is 0 Å². The zero-order chi connectivity index (χ0) is 20.6. The summed E-state index contributed by atoms with van der Waals surface area (Å²) in [5.41, 5.74) is 1.28. The Balaban J connectivity index is 1.91. The maximum absolute atomic E-state index is 14.5. The maximum Gasteiger partial charge on any atom is 0.280 e. The van der Waals surface area contributed by atoms with Crippen molar-refractivity contribution < 1.29 is 17.5 Å².